The topological polar surface area (TPSA) is 9.23 Å². The van der Waals surface area contributed by atoms with Gasteiger partial charge >= 0.3 is 0 Å². The van der Waals surface area contributed by atoms with Gasteiger partial charge in [0.1, 0.15) is 0 Å². The minimum Gasteiger partial charge on any atom is -0.385 e. The van der Waals surface area contributed by atoms with Crippen molar-refractivity contribution in [1.82, 2.24) is 0 Å². The highest BCUT2D eigenvalue weighted by Crippen LogP contribution is 1.70. The summed E-state index contributed by atoms with van der Waals surface area (Å²) >= 11 is 0. The molecule has 0 rings (SSSR count). The predicted octanol–water partition coefficient (Wildman–Crippen LogP) is 3.73. The molecule has 0 bridgehead atoms. The Balaban J connectivity index is -0.0000000326. The minimum absolute atomic E-state index is 0. The van der Waals surface area contributed by atoms with Gasteiger partial charge in [0.2, 0.25) is 0 Å². The standard InChI is InChI=1S/C4H10O.C3H8.2CH4/c1-3-4-5-2;1-3-2;;/h3-4H2,1-2H3;3H2,1-2H3;2*1H4. The Labute approximate surface area is 67.8 Å². The third-order valence-corrected chi connectivity index (χ3v) is 0.408. The second-order valence-electron chi connectivity index (χ2n) is 1.70. The van der Waals surface area contributed by atoms with Gasteiger partial charge in [-0.3, -0.25) is 0 Å². The third kappa shape index (κ3) is 100. The van der Waals surface area contributed by atoms with E-state index < -0.39 is 0 Å². The first-order chi connectivity index (χ1) is 3.83. The van der Waals surface area contributed by atoms with Crippen molar-refractivity contribution in [3.63, 3.8) is 0 Å². The van der Waals surface area contributed by atoms with Crippen LogP contribution in [0.4, 0.5) is 0 Å². The maximum absolute atomic E-state index is 4.69. The molecule has 0 saturated carbocycles. The first-order valence-electron chi connectivity index (χ1n) is 3.32. The van der Waals surface area contributed by atoms with Crippen LogP contribution >= 0.6 is 0 Å². The highest BCUT2D eigenvalue weighted by Gasteiger charge is 1.66. The Morgan fingerprint density at radius 3 is 1.30 bits per heavy atom. The maximum Gasteiger partial charge on any atom is 0.0459 e. The van der Waals surface area contributed by atoms with E-state index in [9.17, 15) is 0 Å². The van der Waals surface area contributed by atoms with Gasteiger partial charge in [-0.1, -0.05) is 42.0 Å². The summed E-state index contributed by atoms with van der Waals surface area (Å²) < 4.78 is 4.69. The molecule has 0 aliphatic rings. The zero-order chi connectivity index (χ0) is 6.83. The fraction of sp³-hybridized carbons (Fsp3) is 1.00. The molecule has 0 fully saturated rings. The lowest BCUT2D eigenvalue weighted by molar-refractivity contribution is 0.199. The van der Waals surface area contributed by atoms with Gasteiger partial charge in [0.25, 0.3) is 0 Å². The van der Waals surface area contributed by atoms with Gasteiger partial charge in [-0.2, -0.15) is 0 Å². The minimum atomic E-state index is 0. The Kier molecular flexibility index (Phi) is 81.5. The summed E-state index contributed by atoms with van der Waals surface area (Å²) in [7, 11) is 1.71. The zero-order valence-electron chi connectivity index (χ0n) is 6.53. The molecule has 10 heavy (non-hydrogen) atoms. The van der Waals surface area contributed by atoms with Crippen LogP contribution in [0.2, 0.25) is 0 Å². The lowest BCUT2D eigenvalue weighted by Crippen LogP contribution is -1.80. The van der Waals surface area contributed by atoms with Crippen LogP contribution in [0.15, 0.2) is 0 Å². The van der Waals surface area contributed by atoms with Gasteiger partial charge in [0.05, 0.1) is 0 Å². The summed E-state index contributed by atoms with van der Waals surface area (Å²) in [6.07, 6.45) is 2.37. The Morgan fingerprint density at radius 2 is 1.30 bits per heavy atom. The molecule has 0 aromatic rings. The molecule has 0 spiro atoms. The van der Waals surface area contributed by atoms with Crippen molar-refractivity contribution < 1.29 is 4.74 Å². The molecule has 0 unspecified atom stereocenters. The van der Waals surface area contributed by atoms with E-state index in [-0.39, 0.29) is 14.9 Å². The smallest absolute Gasteiger partial charge is 0.0459 e. The average molecular weight is 150 g/mol. The quantitative estimate of drug-likeness (QED) is 0.583. The average Bonchev–Trinajstić information content (AvgIpc) is 1.71. The molecule has 0 atom stereocenters. The van der Waals surface area contributed by atoms with Crippen molar-refractivity contribution >= 4 is 0 Å². The second-order valence-corrected chi connectivity index (χ2v) is 1.70. The maximum atomic E-state index is 4.69. The molecule has 1 heteroatoms. The van der Waals surface area contributed by atoms with E-state index in [1.165, 1.54) is 6.42 Å². The molecule has 0 N–H and O–H groups in total. The molecule has 0 saturated heterocycles. The number of hydrogen-bond acceptors (Lipinski definition) is 1. The Hall–Kier alpha value is -0.0400. The molecule has 0 aliphatic carbocycles. The van der Waals surface area contributed by atoms with Crippen molar-refractivity contribution in [2.24, 2.45) is 0 Å². The second kappa shape index (κ2) is 36.2. The molecule has 0 aromatic carbocycles. The molecule has 0 radical (unpaired) electrons. The van der Waals surface area contributed by atoms with Gasteiger partial charge in [-0.15, -0.1) is 0 Å². The monoisotopic (exact) mass is 150 g/mol. The van der Waals surface area contributed by atoms with E-state index >= 15 is 0 Å². The molecule has 0 aliphatic heterocycles. The molecule has 1 nitrogen and oxygen atoms in total. The van der Waals surface area contributed by atoms with Crippen molar-refractivity contribution in [3.8, 4) is 0 Å². The highest BCUT2D eigenvalue weighted by molar-refractivity contribution is 4.15. The molecule has 0 heterocycles. The van der Waals surface area contributed by atoms with E-state index in [0.29, 0.717) is 0 Å². The van der Waals surface area contributed by atoms with Gasteiger partial charge in [-0.25, -0.2) is 0 Å². The van der Waals surface area contributed by atoms with Crippen LogP contribution in [0.5, 0.6) is 0 Å². The lowest BCUT2D eigenvalue weighted by Gasteiger charge is -1.84. The number of hydrogen-bond donors (Lipinski definition) is 0. The summed E-state index contributed by atoms with van der Waals surface area (Å²) in [4.78, 5) is 0. The van der Waals surface area contributed by atoms with E-state index in [1.54, 1.807) is 7.11 Å². The van der Waals surface area contributed by atoms with Crippen molar-refractivity contribution in [3.05, 3.63) is 0 Å². The van der Waals surface area contributed by atoms with Gasteiger partial charge in [0.15, 0.2) is 0 Å². The fourth-order valence-corrected chi connectivity index (χ4v) is 0.204. The Morgan fingerprint density at radius 1 is 1.00 bits per heavy atom. The predicted molar refractivity (Wildman–Crippen MR) is 51.6 cm³/mol. The molecule has 0 amide bonds. The number of methoxy groups -OCH3 is 1. The summed E-state index contributed by atoms with van der Waals surface area (Å²) in [5, 5.41) is 0. The van der Waals surface area contributed by atoms with E-state index in [0.717, 1.165) is 13.0 Å². The van der Waals surface area contributed by atoms with Crippen LogP contribution in [-0.4, -0.2) is 13.7 Å². The van der Waals surface area contributed by atoms with Crippen LogP contribution in [-0.2, 0) is 4.74 Å². The summed E-state index contributed by atoms with van der Waals surface area (Å²) in [5.41, 5.74) is 0. The van der Waals surface area contributed by atoms with Crippen LogP contribution in [0.3, 0.4) is 0 Å². The van der Waals surface area contributed by atoms with Crippen molar-refractivity contribution in [2.75, 3.05) is 13.7 Å². The first-order valence-corrected chi connectivity index (χ1v) is 3.32. The van der Waals surface area contributed by atoms with Crippen LogP contribution < -0.4 is 0 Å². The van der Waals surface area contributed by atoms with Crippen LogP contribution in [0.25, 0.3) is 0 Å². The van der Waals surface area contributed by atoms with E-state index in [4.69, 9.17) is 4.74 Å². The summed E-state index contributed by atoms with van der Waals surface area (Å²) in [6, 6.07) is 0. The molecule has 0 aromatic heterocycles. The third-order valence-electron chi connectivity index (χ3n) is 0.408. The molecular weight excluding hydrogens is 124 g/mol. The summed E-state index contributed by atoms with van der Waals surface area (Å²) in [6.45, 7) is 7.23. The van der Waals surface area contributed by atoms with Gasteiger partial charge in [0, 0.05) is 13.7 Å². The van der Waals surface area contributed by atoms with E-state index in [1.807, 2.05) is 0 Å². The summed E-state index contributed by atoms with van der Waals surface area (Å²) in [5.74, 6) is 0. The normalized spacial score (nSPS) is 6.00. The Bertz CT molecular complexity index is 18.7. The van der Waals surface area contributed by atoms with Gasteiger partial charge < -0.3 is 4.74 Å². The SMILES string of the molecule is C.C.CCC.CCCOC. The number of rotatable bonds is 2. The van der Waals surface area contributed by atoms with E-state index in [2.05, 4.69) is 20.8 Å². The van der Waals surface area contributed by atoms with Crippen molar-refractivity contribution in [1.29, 1.82) is 0 Å². The lowest BCUT2D eigenvalue weighted by atomic mass is 10.5. The van der Waals surface area contributed by atoms with Gasteiger partial charge in [-0.05, 0) is 6.42 Å². The van der Waals surface area contributed by atoms with Crippen LogP contribution in [0.1, 0.15) is 48.5 Å². The zero-order valence-corrected chi connectivity index (χ0v) is 6.53. The molecular formula is C9H26O. The molecule has 68 valence electrons. The first kappa shape index (κ1) is 22.5. The number of ether oxygens (including phenoxy) is 1. The fourth-order valence-electron chi connectivity index (χ4n) is 0.204. The largest absolute Gasteiger partial charge is 0.385 e. The highest BCUT2D eigenvalue weighted by atomic mass is 16.5. The van der Waals surface area contributed by atoms with Crippen LogP contribution in [0, 0.1) is 0 Å². The van der Waals surface area contributed by atoms with Crippen molar-refractivity contribution in [2.45, 2.75) is 48.5 Å².